The molecule has 0 amide bonds. The van der Waals surface area contributed by atoms with Crippen molar-refractivity contribution >= 4 is 5.57 Å². The number of pyridine rings is 1. The summed E-state index contributed by atoms with van der Waals surface area (Å²) in [5.74, 6) is 0. The molecule has 0 saturated carbocycles. The number of nitrogens with zero attached hydrogens (tertiary/aromatic N) is 1. The van der Waals surface area contributed by atoms with E-state index in [2.05, 4.69) is 50.9 Å². The van der Waals surface area contributed by atoms with Crippen LogP contribution in [0.15, 0.2) is 36.1 Å². The van der Waals surface area contributed by atoms with E-state index in [0.29, 0.717) is 5.41 Å². The molecular weight excluding hydrogens is 282 g/mol. The minimum Gasteiger partial charge on any atom is -0.375 e. The monoisotopic (exact) mass is 311 g/mol. The Morgan fingerprint density at radius 3 is 2.78 bits per heavy atom. The van der Waals surface area contributed by atoms with Crippen molar-refractivity contribution < 1.29 is 4.74 Å². The van der Waals surface area contributed by atoms with E-state index >= 15 is 0 Å². The second-order valence-corrected chi connectivity index (χ2v) is 7.85. The van der Waals surface area contributed by atoms with Crippen LogP contribution in [0.5, 0.6) is 0 Å². The summed E-state index contributed by atoms with van der Waals surface area (Å²) in [7, 11) is 0. The van der Waals surface area contributed by atoms with Crippen molar-refractivity contribution in [2.24, 2.45) is 5.41 Å². The number of aryl methyl sites for hydroxylation is 1. The lowest BCUT2D eigenvalue weighted by Crippen LogP contribution is -2.25. The van der Waals surface area contributed by atoms with E-state index in [9.17, 15) is 0 Å². The van der Waals surface area contributed by atoms with Gasteiger partial charge in [0.15, 0.2) is 0 Å². The minimum atomic E-state index is 0.0466. The molecule has 0 bridgehead atoms. The van der Waals surface area contributed by atoms with Crippen molar-refractivity contribution in [3.05, 3.63) is 47.3 Å². The fraction of sp³-hybridized carbons (Fsp3) is 0.571. The SMILES string of the molecule is CC/C=C(/C1=CCC2(CC1)COC(C)(C)C2)c1ncccc1C. The van der Waals surface area contributed by atoms with Gasteiger partial charge in [-0.05, 0) is 75.7 Å². The Balaban J connectivity index is 1.85. The zero-order valence-electron chi connectivity index (χ0n) is 15.0. The van der Waals surface area contributed by atoms with Gasteiger partial charge in [0.05, 0.1) is 17.9 Å². The van der Waals surface area contributed by atoms with Gasteiger partial charge in [0, 0.05) is 11.6 Å². The molecule has 23 heavy (non-hydrogen) atoms. The molecule has 0 radical (unpaired) electrons. The minimum absolute atomic E-state index is 0.0466. The first-order chi connectivity index (χ1) is 10.9. The van der Waals surface area contributed by atoms with Crippen LogP contribution in [0.25, 0.3) is 5.57 Å². The van der Waals surface area contributed by atoms with Gasteiger partial charge in [0.1, 0.15) is 0 Å². The summed E-state index contributed by atoms with van der Waals surface area (Å²) >= 11 is 0. The third-order valence-corrected chi connectivity index (χ3v) is 5.29. The summed E-state index contributed by atoms with van der Waals surface area (Å²) in [5.41, 5.74) is 5.65. The van der Waals surface area contributed by atoms with Crippen LogP contribution in [0.3, 0.4) is 0 Å². The van der Waals surface area contributed by atoms with Crippen LogP contribution in [0.4, 0.5) is 0 Å². The Bertz CT molecular complexity index is 641. The van der Waals surface area contributed by atoms with Crippen LogP contribution in [0, 0.1) is 12.3 Å². The van der Waals surface area contributed by atoms with Crippen molar-refractivity contribution in [2.75, 3.05) is 6.61 Å². The third kappa shape index (κ3) is 3.42. The smallest absolute Gasteiger partial charge is 0.0730 e. The second-order valence-electron chi connectivity index (χ2n) is 7.85. The van der Waals surface area contributed by atoms with Crippen LogP contribution in [-0.4, -0.2) is 17.2 Å². The first-order valence-corrected chi connectivity index (χ1v) is 8.90. The maximum Gasteiger partial charge on any atom is 0.0730 e. The molecule has 1 fully saturated rings. The maximum atomic E-state index is 6.02. The van der Waals surface area contributed by atoms with Crippen LogP contribution < -0.4 is 0 Å². The number of rotatable bonds is 3. The quantitative estimate of drug-likeness (QED) is 0.737. The average Bonchev–Trinajstić information content (AvgIpc) is 2.82. The predicted molar refractivity (Wildman–Crippen MR) is 96.3 cm³/mol. The van der Waals surface area contributed by atoms with Crippen molar-refractivity contribution in [1.82, 2.24) is 4.98 Å². The zero-order chi connectivity index (χ0) is 16.5. The molecule has 2 aliphatic rings. The molecule has 0 N–H and O–H groups in total. The molecule has 3 rings (SSSR count). The van der Waals surface area contributed by atoms with Crippen molar-refractivity contribution in [1.29, 1.82) is 0 Å². The van der Waals surface area contributed by atoms with Crippen molar-refractivity contribution in [2.45, 2.75) is 65.4 Å². The summed E-state index contributed by atoms with van der Waals surface area (Å²) in [6.07, 6.45) is 12.4. The molecule has 1 aromatic rings. The van der Waals surface area contributed by atoms with E-state index in [0.717, 1.165) is 31.6 Å². The molecule has 124 valence electrons. The molecule has 2 heterocycles. The number of hydrogen-bond acceptors (Lipinski definition) is 2. The molecule has 0 aromatic carbocycles. The van der Waals surface area contributed by atoms with E-state index in [1.807, 2.05) is 12.3 Å². The lowest BCUT2D eigenvalue weighted by Gasteiger charge is -2.32. The van der Waals surface area contributed by atoms with Crippen LogP contribution >= 0.6 is 0 Å². The molecule has 1 atom stereocenters. The van der Waals surface area contributed by atoms with E-state index in [-0.39, 0.29) is 5.60 Å². The Morgan fingerprint density at radius 2 is 2.22 bits per heavy atom. The number of aromatic nitrogens is 1. The van der Waals surface area contributed by atoms with Gasteiger partial charge in [-0.15, -0.1) is 0 Å². The van der Waals surface area contributed by atoms with E-state index in [1.165, 1.54) is 29.6 Å². The molecule has 1 aromatic heterocycles. The number of ether oxygens (including phenoxy) is 1. The highest BCUT2D eigenvalue weighted by Crippen LogP contribution is 2.49. The molecule has 1 spiro atoms. The molecule has 2 heteroatoms. The van der Waals surface area contributed by atoms with E-state index < -0.39 is 0 Å². The second kappa shape index (κ2) is 6.24. The summed E-state index contributed by atoms with van der Waals surface area (Å²) in [5, 5.41) is 0. The summed E-state index contributed by atoms with van der Waals surface area (Å²) in [6, 6.07) is 4.18. The maximum absolute atomic E-state index is 6.02. The topological polar surface area (TPSA) is 22.1 Å². The predicted octanol–water partition coefficient (Wildman–Crippen LogP) is 5.48. The molecule has 2 nitrogen and oxygen atoms in total. The van der Waals surface area contributed by atoms with Crippen molar-refractivity contribution in [3.8, 4) is 0 Å². The zero-order valence-corrected chi connectivity index (χ0v) is 15.0. The van der Waals surface area contributed by atoms with Gasteiger partial charge in [-0.1, -0.05) is 25.1 Å². The van der Waals surface area contributed by atoms with E-state index in [1.54, 1.807) is 0 Å². The Kier molecular flexibility index (Phi) is 4.46. The van der Waals surface area contributed by atoms with Gasteiger partial charge in [0.2, 0.25) is 0 Å². The molecular formula is C21H29NO. The fourth-order valence-corrected chi connectivity index (χ4v) is 4.19. The fourth-order valence-electron chi connectivity index (χ4n) is 4.19. The van der Waals surface area contributed by atoms with Crippen molar-refractivity contribution in [3.63, 3.8) is 0 Å². The lowest BCUT2D eigenvalue weighted by molar-refractivity contribution is 0.0305. The van der Waals surface area contributed by atoms with Gasteiger partial charge in [-0.3, -0.25) is 4.98 Å². The first kappa shape index (κ1) is 16.4. The number of hydrogen-bond donors (Lipinski definition) is 0. The summed E-state index contributed by atoms with van der Waals surface area (Å²) < 4.78 is 6.02. The number of allylic oxidation sites excluding steroid dienone is 4. The van der Waals surface area contributed by atoms with Gasteiger partial charge in [-0.2, -0.15) is 0 Å². The van der Waals surface area contributed by atoms with Crippen LogP contribution in [-0.2, 0) is 4.74 Å². The highest BCUT2D eigenvalue weighted by Gasteiger charge is 2.44. The normalized spacial score (nSPS) is 27.3. The highest BCUT2D eigenvalue weighted by atomic mass is 16.5. The molecule has 1 saturated heterocycles. The van der Waals surface area contributed by atoms with E-state index in [4.69, 9.17) is 4.74 Å². The van der Waals surface area contributed by atoms with Gasteiger partial charge in [0.25, 0.3) is 0 Å². The highest BCUT2D eigenvalue weighted by molar-refractivity contribution is 5.78. The third-order valence-electron chi connectivity index (χ3n) is 5.29. The van der Waals surface area contributed by atoms with Crippen LogP contribution in [0.1, 0.15) is 64.1 Å². The average molecular weight is 311 g/mol. The van der Waals surface area contributed by atoms with Gasteiger partial charge >= 0.3 is 0 Å². The molecule has 1 aliphatic heterocycles. The Labute approximate surface area is 140 Å². The summed E-state index contributed by atoms with van der Waals surface area (Å²) in [6.45, 7) is 9.72. The van der Waals surface area contributed by atoms with Gasteiger partial charge in [-0.25, -0.2) is 0 Å². The summed E-state index contributed by atoms with van der Waals surface area (Å²) in [4.78, 5) is 4.65. The Morgan fingerprint density at radius 1 is 1.39 bits per heavy atom. The largest absolute Gasteiger partial charge is 0.375 e. The standard InChI is InChI=1S/C21H29NO/c1-5-7-18(19-16(2)8-6-13-22-19)17-9-11-21(12-10-17)14-20(3,4)23-15-21/h6-9,13H,5,10-12,14-15H2,1-4H3/b18-7-. The van der Waals surface area contributed by atoms with Crippen LogP contribution in [0.2, 0.25) is 0 Å². The molecule has 1 unspecified atom stereocenters. The van der Waals surface area contributed by atoms with Gasteiger partial charge < -0.3 is 4.74 Å². The Hall–Kier alpha value is -1.41. The first-order valence-electron chi connectivity index (χ1n) is 8.90. The lowest BCUT2D eigenvalue weighted by atomic mass is 9.70. The molecule has 1 aliphatic carbocycles.